The minimum Gasteiger partial charge on any atom is -0.375 e. The first kappa shape index (κ1) is 11.6. The highest BCUT2D eigenvalue weighted by Crippen LogP contribution is 2.15. The zero-order valence-corrected chi connectivity index (χ0v) is 9.99. The summed E-state index contributed by atoms with van der Waals surface area (Å²) in [6, 6.07) is 10.9. The zero-order valence-electron chi connectivity index (χ0n) is 9.99. The van der Waals surface area contributed by atoms with Gasteiger partial charge in [-0.1, -0.05) is 37.3 Å². The maximum absolute atomic E-state index is 5.74. The van der Waals surface area contributed by atoms with Gasteiger partial charge in [-0.15, -0.1) is 0 Å². The van der Waals surface area contributed by atoms with Crippen LogP contribution in [0.25, 0.3) is 0 Å². The molecule has 0 aromatic heterocycles. The average Bonchev–Trinajstić information content (AvgIpc) is 2.30. The molecule has 0 radical (unpaired) electrons. The summed E-state index contributed by atoms with van der Waals surface area (Å²) in [5.41, 5.74) is 1.26. The predicted molar refractivity (Wildman–Crippen MR) is 66.3 cm³/mol. The lowest BCUT2D eigenvalue weighted by atomic mass is 9.95. The third-order valence-electron chi connectivity index (χ3n) is 3.19. The van der Waals surface area contributed by atoms with E-state index in [2.05, 4.69) is 36.5 Å². The maximum atomic E-state index is 5.74. The molecule has 1 aromatic rings. The van der Waals surface area contributed by atoms with Gasteiger partial charge in [-0.2, -0.15) is 0 Å². The molecular formula is C14H21NO. The molecule has 1 aliphatic heterocycles. The van der Waals surface area contributed by atoms with Crippen molar-refractivity contribution >= 4 is 0 Å². The second-order valence-corrected chi connectivity index (χ2v) is 4.78. The van der Waals surface area contributed by atoms with Crippen LogP contribution in [0.1, 0.15) is 25.3 Å². The van der Waals surface area contributed by atoms with Crippen LogP contribution >= 0.6 is 0 Å². The fraction of sp³-hybridized carbons (Fsp3) is 0.571. The summed E-state index contributed by atoms with van der Waals surface area (Å²) < 4.78 is 5.74. The van der Waals surface area contributed by atoms with Crippen LogP contribution in [0.2, 0.25) is 0 Å². The second-order valence-electron chi connectivity index (χ2n) is 4.78. The molecule has 0 aliphatic carbocycles. The highest BCUT2D eigenvalue weighted by molar-refractivity contribution is 5.13. The molecule has 0 amide bonds. The van der Waals surface area contributed by atoms with E-state index in [-0.39, 0.29) is 0 Å². The van der Waals surface area contributed by atoms with Gasteiger partial charge in [-0.05, 0) is 30.9 Å². The van der Waals surface area contributed by atoms with E-state index in [9.17, 15) is 0 Å². The fourth-order valence-electron chi connectivity index (χ4n) is 2.24. The van der Waals surface area contributed by atoms with E-state index in [1.54, 1.807) is 0 Å². The third-order valence-corrected chi connectivity index (χ3v) is 3.19. The molecule has 0 saturated carbocycles. The SMILES string of the molecule is CC1CCNC(COCc2ccccc2)C1. The summed E-state index contributed by atoms with van der Waals surface area (Å²) in [4.78, 5) is 0. The summed E-state index contributed by atoms with van der Waals surface area (Å²) in [6.45, 7) is 5.03. The van der Waals surface area contributed by atoms with Crippen LogP contribution in [0, 0.1) is 5.92 Å². The van der Waals surface area contributed by atoms with Gasteiger partial charge >= 0.3 is 0 Å². The number of piperidine rings is 1. The molecule has 2 nitrogen and oxygen atoms in total. The lowest BCUT2D eigenvalue weighted by Crippen LogP contribution is -2.40. The van der Waals surface area contributed by atoms with E-state index in [1.807, 2.05) is 6.07 Å². The Bertz CT molecular complexity index is 299. The van der Waals surface area contributed by atoms with E-state index in [0.29, 0.717) is 6.04 Å². The smallest absolute Gasteiger partial charge is 0.0717 e. The van der Waals surface area contributed by atoms with Crippen molar-refractivity contribution in [2.24, 2.45) is 5.92 Å². The Labute approximate surface area is 98.0 Å². The van der Waals surface area contributed by atoms with Crippen molar-refractivity contribution < 1.29 is 4.74 Å². The molecule has 1 aliphatic rings. The first-order chi connectivity index (χ1) is 7.84. The molecule has 1 fully saturated rings. The molecule has 0 bridgehead atoms. The van der Waals surface area contributed by atoms with Gasteiger partial charge in [0.15, 0.2) is 0 Å². The predicted octanol–water partition coefficient (Wildman–Crippen LogP) is 2.59. The standard InChI is InChI=1S/C14H21NO/c1-12-7-8-15-14(9-12)11-16-10-13-5-3-2-4-6-13/h2-6,12,14-15H,7-11H2,1H3. The van der Waals surface area contributed by atoms with E-state index in [0.717, 1.165) is 25.7 Å². The molecule has 1 saturated heterocycles. The Hall–Kier alpha value is -0.860. The van der Waals surface area contributed by atoms with Crippen molar-refractivity contribution in [1.29, 1.82) is 0 Å². The van der Waals surface area contributed by atoms with Crippen LogP contribution in [-0.4, -0.2) is 19.2 Å². The number of rotatable bonds is 4. The van der Waals surface area contributed by atoms with Gasteiger partial charge in [0.05, 0.1) is 13.2 Å². The summed E-state index contributed by atoms with van der Waals surface area (Å²) in [6.07, 6.45) is 2.55. The lowest BCUT2D eigenvalue weighted by Gasteiger charge is -2.27. The van der Waals surface area contributed by atoms with Gasteiger partial charge in [0.25, 0.3) is 0 Å². The van der Waals surface area contributed by atoms with Crippen molar-refractivity contribution in [3.63, 3.8) is 0 Å². The van der Waals surface area contributed by atoms with Crippen LogP contribution in [-0.2, 0) is 11.3 Å². The van der Waals surface area contributed by atoms with Gasteiger partial charge in [-0.25, -0.2) is 0 Å². The molecule has 1 N–H and O–H groups in total. The average molecular weight is 219 g/mol. The van der Waals surface area contributed by atoms with Crippen molar-refractivity contribution in [3.05, 3.63) is 35.9 Å². The van der Waals surface area contributed by atoms with Gasteiger partial charge in [0.2, 0.25) is 0 Å². The monoisotopic (exact) mass is 219 g/mol. The Morgan fingerprint density at radius 2 is 2.12 bits per heavy atom. The number of nitrogens with one attached hydrogen (secondary N) is 1. The molecule has 2 heteroatoms. The Kier molecular flexibility index (Phi) is 4.37. The van der Waals surface area contributed by atoms with Crippen molar-refractivity contribution in [2.75, 3.05) is 13.2 Å². The minimum atomic E-state index is 0.549. The molecule has 88 valence electrons. The Morgan fingerprint density at radius 1 is 1.31 bits per heavy atom. The van der Waals surface area contributed by atoms with E-state index in [4.69, 9.17) is 4.74 Å². The molecule has 2 rings (SSSR count). The summed E-state index contributed by atoms with van der Waals surface area (Å²) in [7, 11) is 0. The molecule has 0 spiro atoms. The van der Waals surface area contributed by atoms with Crippen molar-refractivity contribution in [3.8, 4) is 0 Å². The summed E-state index contributed by atoms with van der Waals surface area (Å²) in [5, 5.41) is 3.51. The van der Waals surface area contributed by atoms with Crippen LogP contribution in [0.4, 0.5) is 0 Å². The van der Waals surface area contributed by atoms with Crippen LogP contribution in [0.15, 0.2) is 30.3 Å². The summed E-state index contributed by atoms with van der Waals surface area (Å²) >= 11 is 0. The normalized spacial score (nSPS) is 25.6. The quantitative estimate of drug-likeness (QED) is 0.840. The molecule has 1 aromatic carbocycles. The van der Waals surface area contributed by atoms with Gasteiger partial charge in [0, 0.05) is 6.04 Å². The highest BCUT2D eigenvalue weighted by atomic mass is 16.5. The van der Waals surface area contributed by atoms with Gasteiger partial charge in [-0.3, -0.25) is 0 Å². The molecule has 16 heavy (non-hydrogen) atoms. The molecule has 2 unspecified atom stereocenters. The van der Waals surface area contributed by atoms with Crippen LogP contribution in [0.5, 0.6) is 0 Å². The molecule has 2 atom stereocenters. The minimum absolute atomic E-state index is 0.549. The van der Waals surface area contributed by atoms with Crippen LogP contribution < -0.4 is 5.32 Å². The highest BCUT2D eigenvalue weighted by Gasteiger charge is 2.17. The first-order valence-corrected chi connectivity index (χ1v) is 6.19. The Morgan fingerprint density at radius 3 is 2.88 bits per heavy atom. The zero-order chi connectivity index (χ0) is 11.2. The van der Waals surface area contributed by atoms with Crippen molar-refractivity contribution in [1.82, 2.24) is 5.32 Å². The topological polar surface area (TPSA) is 21.3 Å². The molecular weight excluding hydrogens is 198 g/mol. The largest absolute Gasteiger partial charge is 0.375 e. The maximum Gasteiger partial charge on any atom is 0.0717 e. The summed E-state index contributed by atoms with van der Waals surface area (Å²) in [5.74, 6) is 0.839. The van der Waals surface area contributed by atoms with E-state index >= 15 is 0 Å². The van der Waals surface area contributed by atoms with Crippen LogP contribution in [0.3, 0.4) is 0 Å². The van der Waals surface area contributed by atoms with Crippen molar-refractivity contribution in [2.45, 2.75) is 32.4 Å². The van der Waals surface area contributed by atoms with E-state index in [1.165, 1.54) is 18.4 Å². The first-order valence-electron chi connectivity index (χ1n) is 6.19. The number of hydrogen-bond donors (Lipinski definition) is 1. The third kappa shape index (κ3) is 3.62. The molecule has 1 heterocycles. The number of benzene rings is 1. The number of ether oxygens (including phenoxy) is 1. The Balaban J connectivity index is 1.68. The lowest BCUT2D eigenvalue weighted by molar-refractivity contribution is 0.0846. The van der Waals surface area contributed by atoms with Gasteiger partial charge < -0.3 is 10.1 Å². The number of hydrogen-bond acceptors (Lipinski definition) is 2. The second kappa shape index (κ2) is 6.02. The van der Waals surface area contributed by atoms with E-state index < -0.39 is 0 Å². The van der Waals surface area contributed by atoms with Gasteiger partial charge in [0.1, 0.15) is 0 Å². The fourth-order valence-corrected chi connectivity index (χ4v) is 2.24.